The first-order valence-corrected chi connectivity index (χ1v) is 25.4. The van der Waals surface area contributed by atoms with Crippen LogP contribution < -0.4 is 9.80 Å². The second-order valence-electron chi connectivity index (χ2n) is 18.9. The number of aryl methyl sites for hydroxylation is 4. The van der Waals surface area contributed by atoms with Crippen molar-refractivity contribution in [1.29, 1.82) is 0 Å². The van der Waals surface area contributed by atoms with Gasteiger partial charge in [0.05, 0.1) is 26.4 Å². The molecular formula is C70H64N2O2. The van der Waals surface area contributed by atoms with E-state index in [9.17, 15) is 0 Å². The molecule has 9 aromatic rings. The summed E-state index contributed by atoms with van der Waals surface area (Å²) in [5.74, 6) is 0. The summed E-state index contributed by atoms with van der Waals surface area (Å²) in [6.45, 7) is 18.6. The predicted molar refractivity (Wildman–Crippen MR) is 316 cm³/mol. The maximum atomic E-state index is 6.09. The van der Waals surface area contributed by atoms with Crippen molar-refractivity contribution in [2.45, 2.75) is 54.1 Å². The van der Waals surface area contributed by atoms with Crippen LogP contribution in [0, 0.1) is 27.7 Å². The Bertz CT molecular complexity index is 3140. The molecule has 0 amide bonds. The SMILES string of the molecule is C=Cc1ccc(COCc2ccc(N(c3ccc(C=Cc4cccc(C=Cc5ccc(N(c6ccc(COCc7ccc(C=C)cc7)cc6)c6ccc(C)c(C)c6)cc5)c4)cc3)c3ccc(C)c(C)c3)cc2)cc1. The molecule has 0 N–H and O–H groups in total. The summed E-state index contributed by atoms with van der Waals surface area (Å²) in [7, 11) is 0. The van der Waals surface area contributed by atoms with Gasteiger partial charge in [-0.15, -0.1) is 0 Å². The Morgan fingerprint density at radius 1 is 0.297 bits per heavy atom. The molecule has 0 fully saturated rings. The third-order valence-electron chi connectivity index (χ3n) is 13.5. The summed E-state index contributed by atoms with van der Waals surface area (Å²) in [6.07, 6.45) is 12.4. The van der Waals surface area contributed by atoms with Crippen LogP contribution in [0.3, 0.4) is 0 Å². The third-order valence-corrected chi connectivity index (χ3v) is 13.5. The number of rotatable bonds is 20. The van der Waals surface area contributed by atoms with Crippen molar-refractivity contribution in [3.05, 3.63) is 297 Å². The number of benzene rings is 9. The van der Waals surface area contributed by atoms with Crippen molar-refractivity contribution < 1.29 is 9.47 Å². The normalized spacial score (nSPS) is 11.3. The van der Waals surface area contributed by atoms with Gasteiger partial charge >= 0.3 is 0 Å². The molecule has 0 spiro atoms. The van der Waals surface area contributed by atoms with Crippen molar-refractivity contribution in [3.8, 4) is 0 Å². The molecule has 9 rings (SSSR count). The molecule has 74 heavy (non-hydrogen) atoms. The molecule has 9 aromatic carbocycles. The fourth-order valence-electron chi connectivity index (χ4n) is 8.80. The first-order chi connectivity index (χ1) is 36.2. The van der Waals surface area contributed by atoms with E-state index in [0.717, 1.165) is 89.8 Å². The monoisotopic (exact) mass is 964 g/mol. The Morgan fingerprint density at radius 2 is 0.581 bits per heavy atom. The molecule has 0 aliphatic carbocycles. The number of anilines is 6. The average Bonchev–Trinajstić information content (AvgIpc) is 3.44. The van der Waals surface area contributed by atoms with E-state index < -0.39 is 0 Å². The van der Waals surface area contributed by atoms with Crippen LogP contribution in [-0.4, -0.2) is 0 Å². The fraction of sp³-hybridized carbons (Fsp3) is 0.114. The molecule has 0 aliphatic heterocycles. The van der Waals surface area contributed by atoms with Crippen LogP contribution in [0.15, 0.2) is 219 Å². The summed E-state index contributed by atoms with van der Waals surface area (Å²) in [5, 5.41) is 0. The molecular weight excluding hydrogens is 901 g/mol. The molecule has 0 saturated heterocycles. The van der Waals surface area contributed by atoms with Crippen molar-refractivity contribution in [2.75, 3.05) is 9.80 Å². The molecule has 0 saturated carbocycles. The van der Waals surface area contributed by atoms with E-state index in [-0.39, 0.29) is 0 Å². The molecule has 366 valence electrons. The van der Waals surface area contributed by atoms with Crippen LogP contribution in [0.4, 0.5) is 34.1 Å². The minimum atomic E-state index is 0.540. The smallest absolute Gasteiger partial charge is 0.0721 e. The Balaban J connectivity index is 0.851. The standard InChI is InChI=1S/C70H64N2O2/c1-7-55-14-22-61(23-15-55)47-73-49-63-30-40-67(41-31-63)71(69-34-12-51(3)53(5)44-69)65-36-26-57(27-37-65)18-20-59-10-9-11-60(46-59)21-19-58-28-38-66(39-29-58)72(70-35-13-52(4)54(6)45-70)68-42-32-64(33-43-68)50-74-48-62-24-16-56(8-2)17-25-62/h7-46H,1-2,47-50H2,3-6H3. The zero-order valence-corrected chi connectivity index (χ0v) is 43.0. The highest BCUT2D eigenvalue weighted by molar-refractivity contribution is 5.81. The molecule has 0 radical (unpaired) electrons. The Kier molecular flexibility index (Phi) is 16.5. The summed E-state index contributed by atoms with van der Waals surface area (Å²) in [4.78, 5) is 4.64. The molecule has 0 atom stereocenters. The van der Waals surface area contributed by atoms with Crippen LogP contribution >= 0.6 is 0 Å². The number of nitrogens with zero attached hydrogens (tertiary/aromatic N) is 2. The third kappa shape index (κ3) is 13.1. The van der Waals surface area contributed by atoms with E-state index in [1.165, 1.54) is 22.3 Å². The van der Waals surface area contributed by atoms with E-state index in [4.69, 9.17) is 9.47 Å². The maximum absolute atomic E-state index is 6.09. The zero-order valence-electron chi connectivity index (χ0n) is 43.0. The van der Waals surface area contributed by atoms with Crippen LogP contribution in [0.1, 0.15) is 77.9 Å². The van der Waals surface area contributed by atoms with Crippen molar-refractivity contribution in [3.63, 3.8) is 0 Å². The van der Waals surface area contributed by atoms with Gasteiger partial charge in [-0.2, -0.15) is 0 Å². The lowest BCUT2D eigenvalue weighted by atomic mass is 10.1. The largest absolute Gasteiger partial charge is 0.372 e. The van der Waals surface area contributed by atoms with Gasteiger partial charge < -0.3 is 19.3 Å². The Morgan fingerprint density at radius 3 is 0.905 bits per heavy atom. The second-order valence-corrected chi connectivity index (χ2v) is 18.9. The van der Waals surface area contributed by atoms with Crippen molar-refractivity contribution >= 4 is 70.6 Å². The van der Waals surface area contributed by atoms with E-state index in [1.807, 2.05) is 12.2 Å². The number of ether oxygens (including phenoxy) is 2. The zero-order chi connectivity index (χ0) is 51.2. The minimum absolute atomic E-state index is 0.540. The average molecular weight is 965 g/mol. The van der Waals surface area contributed by atoms with Gasteiger partial charge in [-0.05, 0) is 184 Å². The van der Waals surface area contributed by atoms with Gasteiger partial charge in [0.2, 0.25) is 0 Å². The lowest BCUT2D eigenvalue weighted by Gasteiger charge is -2.26. The van der Waals surface area contributed by atoms with Crippen LogP contribution in [0.2, 0.25) is 0 Å². The van der Waals surface area contributed by atoms with Gasteiger partial charge in [0.1, 0.15) is 0 Å². The van der Waals surface area contributed by atoms with Crippen molar-refractivity contribution in [2.24, 2.45) is 0 Å². The molecule has 0 aliphatic rings. The molecule has 4 nitrogen and oxygen atoms in total. The highest BCUT2D eigenvalue weighted by Crippen LogP contribution is 2.38. The van der Waals surface area contributed by atoms with Gasteiger partial charge in [-0.3, -0.25) is 0 Å². The van der Waals surface area contributed by atoms with E-state index in [1.54, 1.807) is 0 Å². The van der Waals surface area contributed by atoms with Gasteiger partial charge in [0, 0.05) is 34.1 Å². The van der Waals surface area contributed by atoms with Gasteiger partial charge in [0.25, 0.3) is 0 Å². The quantitative estimate of drug-likeness (QED) is 0.0711. The lowest BCUT2D eigenvalue weighted by Crippen LogP contribution is -2.10. The van der Waals surface area contributed by atoms with Gasteiger partial charge in [-0.25, -0.2) is 0 Å². The minimum Gasteiger partial charge on any atom is -0.372 e. The van der Waals surface area contributed by atoms with Crippen LogP contribution in [-0.2, 0) is 35.9 Å². The highest BCUT2D eigenvalue weighted by Gasteiger charge is 2.15. The predicted octanol–water partition coefficient (Wildman–Crippen LogP) is 18.9. The highest BCUT2D eigenvalue weighted by atomic mass is 16.5. The van der Waals surface area contributed by atoms with E-state index >= 15 is 0 Å². The number of hydrogen-bond donors (Lipinski definition) is 0. The maximum Gasteiger partial charge on any atom is 0.0721 e. The van der Waals surface area contributed by atoms with Gasteiger partial charge in [-0.1, -0.05) is 177 Å². The van der Waals surface area contributed by atoms with Gasteiger partial charge in [0.15, 0.2) is 0 Å². The molecule has 0 heterocycles. The molecule has 0 aromatic heterocycles. The Hall–Kier alpha value is -8.54. The summed E-state index contributed by atoms with van der Waals surface area (Å²) in [5.41, 5.74) is 23.0. The topological polar surface area (TPSA) is 24.9 Å². The van der Waals surface area contributed by atoms with Crippen LogP contribution in [0.5, 0.6) is 0 Å². The lowest BCUT2D eigenvalue weighted by molar-refractivity contribution is 0.107. The first-order valence-electron chi connectivity index (χ1n) is 25.4. The summed E-state index contributed by atoms with van der Waals surface area (Å²) in [6, 6.07) is 73.6. The molecule has 4 heteroatoms. The number of hydrogen-bond acceptors (Lipinski definition) is 4. The van der Waals surface area contributed by atoms with Crippen LogP contribution in [0.25, 0.3) is 36.5 Å². The first kappa shape index (κ1) is 50.4. The van der Waals surface area contributed by atoms with E-state index in [2.05, 4.69) is 281 Å². The molecule has 0 unspecified atom stereocenters. The van der Waals surface area contributed by atoms with E-state index in [0.29, 0.717) is 26.4 Å². The second kappa shape index (κ2) is 24.3. The van der Waals surface area contributed by atoms with Crippen molar-refractivity contribution in [1.82, 2.24) is 0 Å². The summed E-state index contributed by atoms with van der Waals surface area (Å²) < 4.78 is 12.2. The summed E-state index contributed by atoms with van der Waals surface area (Å²) >= 11 is 0. The fourth-order valence-corrected chi connectivity index (χ4v) is 8.80. The molecule has 0 bridgehead atoms. The Labute approximate surface area is 439 Å².